The minimum Gasteiger partial charge on any atom is -0.500 e. The lowest BCUT2D eigenvalue weighted by Crippen LogP contribution is -2.23. The third-order valence-corrected chi connectivity index (χ3v) is 3.50. The fourth-order valence-electron chi connectivity index (χ4n) is 0.814. The summed E-state index contributed by atoms with van der Waals surface area (Å²) >= 11 is 0. The van der Waals surface area contributed by atoms with Crippen molar-refractivity contribution in [3.63, 3.8) is 0 Å². The smallest absolute Gasteiger partial charge is 0.352 e. The van der Waals surface area contributed by atoms with Crippen LogP contribution in [-0.4, -0.2) is 27.3 Å². The molecule has 0 saturated heterocycles. The highest BCUT2D eigenvalue weighted by molar-refractivity contribution is 6.76. The first kappa shape index (κ1) is 14.7. The molecule has 0 bridgehead atoms. The molecule has 0 aliphatic heterocycles. The quantitative estimate of drug-likeness (QED) is 0.235. The van der Waals surface area contributed by atoms with Crippen LogP contribution in [0.3, 0.4) is 0 Å². The summed E-state index contributed by atoms with van der Waals surface area (Å²) in [6, 6.07) is 2.65. The van der Waals surface area contributed by atoms with Crippen molar-refractivity contribution in [2.24, 2.45) is 0 Å². The molecular formula is C11H19NO3Si. The van der Waals surface area contributed by atoms with E-state index in [1.54, 1.807) is 13.0 Å². The Morgan fingerprint density at radius 3 is 2.50 bits per heavy atom. The zero-order chi connectivity index (χ0) is 12.6. The maximum atomic E-state index is 11.4. The molecule has 0 aromatic carbocycles. The number of nitriles is 1. The minimum atomic E-state index is -1.21. The lowest BCUT2D eigenvalue weighted by Gasteiger charge is -2.14. The van der Waals surface area contributed by atoms with E-state index in [2.05, 4.69) is 19.6 Å². The number of hydrogen-bond donors (Lipinski definition) is 0. The minimum absolute atomic E-state index is 0.0857. The standard InChI is InChI=1S/C11H19NO3Si/c1-5-14-9-10(8-12)11(13)15-6-7-16(2,3)4/h9H,5-7H2,1-4H3/b10-9-. The molecule has 0 rings (SSSR count). The molecule has 0 aromatic heterocycles. The Balaban J connectivity index is 4.10. The number of esters is 1. The van der Waals surface area contributed by atoms with Gasteiger partial charge in [0.1, 0.15) is 12.3 Å². The molecule has 5 heteroatoms. The van der Waals surface area contributed by atoms with Gasteiger partial charge in [-0.1, -0.05) is 19.6 Å². The highest BCUT2D eigenvalue weighted by Crippen LogP contribution is 2.08. The zero-order valence-electron chi connectivity index (χ0n) is 10.4. The van der Waals surface area contributed by atoms with Crippen LogP contribution in [0.4, 0.5) is 0 Å². The van der Waals surface area contributed by atoms with Crippen LogP contribution in [0.25, 0.3) is 0 Å². The Morgan fingerprint density at radius 1 is 1.44 bits per heavy atom. The maximum Gasteiger partial charge on any atom is 0.352 e. The van der Waals surface area contributed by atoms with Gasteiger partial charge in [0.15, 0.2) is 5.57 Å². The molecule has 0 unspecified atom stereocenters. The van der Waals surface area contributed by atoms with Crippen molar-refractivity contribution < 1.29 is 14.3 Å². The fraction of sp³-hybridized carbons (Fsp3) is 0.636. The van der Waals surface area contributed by atoms with Crippen LogP contribution in [0.1, 0.15) is 6.92 Å². The molecule has 0 heterocycles. The van der Waals surface area contributed by atoms with Crippen molar-refractivity contribution in [3.05, 3.63) is 11.8 Å². The molecule has 0 radical (unpaired) electrons. The summed E-state index contributed by atoms with van der Waals surface area (Å²) < 4.78 is 9.87. The van der Waals surface area contributed by atoms with Gasteiger partial charge in [-0.2, -0.15) is 5.26 Å². The molecule has 4 nitrogen and oxygen atoms in total. The van der Waals surface area contributed by atoms with Gasteiger partial charge >= 0.3 is 5.97 Å². The van der Waals surface area contributed by atoms with Crippen molar-refractivity contribution in [3.8, 4) is 6.07 Å². The van der Waals surface area contributed by atoms with Gasteiger partial charge in [0.25, 0.3) is 0 Å². The van der Waals surface area contributed by atoms with Crippen LogP contribution in [-0.2, 0) is 14.3 Å². The van der Waals surface area contributed by atoms with Gasteiger partial charge in [0.2, 0.25) is 0 Å². The predicted molar refractivity (Wildman–Crippen MR) is 64.4 cm³/mol. The topological polar surface area (TPSA) is 59.3 Å². The largest absolute Gasteiger partial charge is 0.500 e. The molecule has 0 amide bonds. The predicted octanol–water partition coefficient (Wildman–Crippen LogP) is 2.31. The normalized spacial score (nSPS) is 11.8. The molecule has 0 aliphatic carbocycles. The average Bonchev–Trinajstić information content (AvgIpc) is 2.17. The summed E-state index contributed by atoms with van der Waals surface area (Å²) in [4.78, 5) is 11.4. The van der Waals surface area contributed by atoms with E-state index in [1.165, 1.54) is 0 Å². The van der Waals surface area contributed by atoms with Gasteiger partial charge in [0, 0.05) is 8.07 Å². The van der Waals surface area contributed by atoms with Crippen LogP contribution >= 0.6 is 0 Å². The summed E-state index contributed by atoms with van der Waals surface area (Å²) in [5, 5.41) is 8.69. The third-order valence-electron chi connectivity index (χ3n) is 1.79. The van der Waals surface area contributed by atoms with Gasteiger partial charge in [-0.15, -0.1) is 0 Å². The average molecular weight is 241 g/mol. The molecule has 0 fully saturated rings. The molecule has 0 spiro atoms. The summed E-state index contributed by atoms with van der Waals surface area (Å²) in [5.74, 6) is -0.603. The van der Waals surface area contributed by atoms with E-state index in [1.807, 2.05) is 0 Å². The summed E-state index contributed by atoms with van der Waals surface area (Å²) in [7, 11) is -1.21. The lowest BCUT2D eigenvalue weighted by atomic mass is 10.3. The van der Waals surface area contributed by atoms with Crippen LogP contribution in [0.15, 0.2) is 11.8 Å². The second-order valence-corrected chi connectivity index (χ2v) is 10.2. The Hall–Kier alpha value is -1.28. The van der Waals surface area contributed by atoms with Crippen LogP contribution in [0, 0.1) is 11.3 Å². The fourth-order valence-corrected chi connectivity index (χ4v) is 1.53. The van der Waals surface area contributed by atoms with Crippen molar-refractivity contribution >= 4 is 14.0 Å². The molecular weight excluding hydrogens is 222 g/mol. The van der Waals surface area contributed by atoms with E-state index in [-0.39, 0.29) is 5.57 Å². The second kappa shape index (κ2) is 7.07. The number of ether oxygens (including phenoxy) is 2. The number of rotatable bonds is 6. The first-order valence-electron chi connectivity index (χ1n) is 5.29. The highest BCUT2D eigenvalue weighted by atomic mass is 28.3. The van der Waals surface area contributed by atoms with E-state index >= 15 is 0 Å². The lowest BCUT2D eigenvalue weighted by molar-refractivity contribution is -0.138. The number of nitrogens with zero attached hydrogens (tertiary/aromatic N) is 1. The number of carbonyl (C=O) groups excluding carboxylic acids is 1. The van der Waals surface area contributed by atoms with Gasteiger partial charge in [-0.25, -0.2) is 4.79 Å². The molecule has 0 N–H and O–H groups in total. The maximum absolute atomic E-state index is 11.4. The highest BCUT2D eigenvalue weighted by Gasteiger charge is 2.16. The molecule has 0 aliphatic rings. The molecule has 0 saturated carbocycles. The third kappa shape index (κ3) is 7.07. The van der Waals surface area contributed by atoms with Crippen LogP contribution in [0.2, 0.25) is 25.7 Å². The van der Waals surface area contributed by atoms with E-state index in [0.29, 0.717) is 13.2 Å². The molecule has 0 aromatic rings. The van der Waals surface area contributed by atoms with Crippen molar-refractivity contribution in [1.82, 2.24) is 0 Å². The molecule has 16 heavy (non-hydrogen) atoms. The number of carbonyl (C=O) groups is 1. The zero-order valence-corrected chi connectivity index (χ0v) is 11.4. The van der Waals surface area contributed by atoms with Crippen LogP contribution < -0.4 is 0 Å². The van der Waals surface area contributed by atoms with Crippen molar-refractivity contribution in [1.29, 1.82) is 5.26 Å². The van der Waals surface area contributed by atoms with E-state index in [9.17, 15) is 4.79 Å². The van der Waals surface area contributed by atoms with Gasteiger partial charge in [0.05, 0.1) is 13.2 Å². The van der Waals surface area contributed by atoms with Crippen molar-refractivity contribution in [2.45, 2.75) is 32.6 Å². The number of hydrogen-bond acceptors (Lipinski definition) is 4. The van der Waals surface area contributed by atoms with Gasteiger partial charge in [-0.3, -0.25) is 0 Å². The SMILES string of the molecule is CCO/C=C(/C#N)C(=O)OCC[Si](C)(C)C. The summed E-state index contributed by atoms with van der Waals surface area (Å²) in [6.07, 6.45) is 1.15. The first-order chi connectivity index (χ1) is 7.40. The van der Waals surface area contributed by atoms with Gasteiger partial charge in [-0.05, 0) is 13.0 Å². The Labute approximate surface area is 97.9 Å². The summed E-state index contributed by atoms with van der Waals surface area (Å²) in [6.45, 7) is 9.17. The Morgan fingerprint density at radius 2 is 2.06 bits per heavy atom. The van der Waals surface area contributed by atoms with Crippen LogP contribution in [0.5, 0.6) is 0 Å². The van der Waals surface area contributed by atoms with Crippen molar-refractivity contribution in [2.75, 3.05) is 13.2 Å². The van der Waals surface area contributed by atoms with E-state index in [4.69, 9.17) is 14.7 Å². The van der Waals surface area contributed by atoms with E-state index < -0.39 is 14.0 Å². The Bertz CT molecular complexity index is 299. The first-order valence-corrected chi connectivity index (χ1v) is 9.00. The van der Waals surface area contributed by atoms with Gasteiger partial charge < -0.3 is 9.47 Å². The van der Waals surface area contributed by atoms with E-state index in [0.717, 1.165) is 12.3 Å². The summed E-state index contributed by atoms with van der Waals surface area (Å²) in [5.41, 5.74) is -0.0857. The Kier molecular flexibility index (Phi) is 6.50. The monoisotopic (exact) mass is 241 g/mol. The second-order valence-electron chi connectivity index (χ2n) is 4.55. The molecule has 90 valence electrons. The molecule has 0 atom stereocenters.